The van der Waals surface area contributed by atoms with Crippen LogP contribution >= 0.6 is 11.6 Å². The highest BCUT2D eigenvalue weighted by atomic mass is 35.5. The number of halogens is 1. The zero-order valence-corrected chi connectivity index (χ0v) is 14.6. The Labute approximate surface area is 143 Å². The summed E-state index contributed by atoms with van der Waals surface area (Å²) in [4.78, 5) is 12.7. The van der Waals surface area contributed by atoms with E-state index in [0.29, 0.717) is 12.5 Å². The number of amides is 1. The molecule has 1 aliphatic carbocycles. The first kappa shape index (κ1) is 16.7. The topological polar surface area (TPSA) is 53.2 Å². The normalized spacial score (nSPS) is 27.5. The lowest BCUT2D eigenvalue weighted by Crippen LogP contribution is -2.49. The summed E-state index contributed by atoms with van der Waals surface area (Å²) < 4.78 is 0. The lowest BCUT2D eigenvalue weighted by molar-refractivity contribution is -0.127. The van der Waals surface area contributed by atoms with Crippen LogP contribution in [-0.2, 0) is 10.2 Å². The minimum Gasteiger partial charge on any atom is -0.355 e. The van der Waals surface area contributed by atoms with E-state index in [1.165, 1.54) is 6.42 Å². The molecule has 1 amide bonds. The van der Waals surface area contributed by atoms with Crippen LogP contribution in [0.5, 0.6) is 0 Å². The summed E-state index contributed by atoms with van der Waals surface area (Å²) in [5.74, 6) is 0.824. The van der Waals surface area contributed by atoms with Crippen molar-refractivity contribution in [2.24, 2.45) is 11.8 Å². The molecule has 3 atom stereocenters. The molecule has 4 nitrogen and oxygen atoms in total. The largest absolute Gasteiger partial charge is 0.355 e. The number of hydrazine groups is 1. The molecule has 2 aliphatic rings. The Kier molecular flexibility index (Phi) is 4.95. The van der Waals surface area contributed by atoms with E-state index in [1.54, 1.807) is 0 Å². The van der Waals surface area contributed by atoms with Crippen molar-refractivity contribution in [2.75, 3.05) is 13.1 Å². The standard InChI is InChI=1S/C18H26ClN3O/c1-18(2,13-6-4-7-14(19)9-13)11-20-17(23)15-8-3-5-12-10-21-22-16(12)15/h4,6-7,9,12,15-16,21-22H,3,5,8,10-11H2,1-2H3,(H,20,23). The number of benzene rings is 1. The second kappa shape index (κ2) is 6.80. The molecule has 1 aromatic rings. The zero-order chi connectivity index (χ0) is 16.4. The van der Waals surface area contributed by atoms with E-state index in [4.69, 9.17) is 11.6 Å². The Bertz CT molecular complexity index is 575. The van der Waals surface area contributed by atoms with Gasteiger partial charge in [0.2, 0.25) is 5.91 Å². The number of hydrogen-bond acceptors (Lipinski definition) is 3. The van der Waals surface area contributed by atoms with Gasteiger partial charge >= 0.3 is 0 Å². The minimum absolute atomic E-state index is 0.0684. The molecule has 23 heavy (non-hydrogen) atoms. The van der Waals surface area contributed by atoms with Crippen molar-refractivity contribution in [3.63, 3.8) is 0 Å². The molecular formula is C18H26ClN3O. The van der Waals surface area contributed by atoms with Crippen molar-refractivity contribution >= 4 is 17.5 Å². The minimum atomic E-state index is -0.143. The molecule has 1 saturated carbocycles. The number of carbonyl (C=O) groups excluding carboxylic acids is 1. The average Bonchev–Trinajstić information content (AvgIpc) is 3.01. The summed E-state index contributed by atoms with van der Waals surface area (Å²) in [6.45, 7) is 5.87. The molecule has 0 radical (unpaired) electrons. The van der Waals surface area contributed by atoms with E-state index in [2.05, 4.69) is 36.1 Å². The molecule has 5 heteroatoms. The van der Waals surface area contributed by atoms with Gasteiger partial charge in [-0.3, -0.25) is 15.6 Å². The van der Waals surface area contributed by atoms with E-state index in [1.807, 2.05) is 18.2 Å². The number of carbonyl (C=O) groups is 1. The van der Waals surface area contributed by atoms with Crippen LogP contribution in [0, 0.1) is 11.8 Å². The maximum absolute atomic E-state index is 12.7. The SMILES string of the molecule is CC(C)(CNC(=O)C1CCCC2CNNC21)c1cccc(Cl)c1. The fraction of sp³-hybridized carbons (Fsp3) is 0.611. The Morgan fingerprint density at radius 3 is 3.00 bits per heavy atom. The van der Waals surface area contributed by atoms with Crippen LogP contribution in [0.1, 0.15) is 38.7 Å². The van der Waals surface area contributed by atoms with Crippen LogP contribution < -0.4 is 16.2 Å². The lowest BCUT2D eigenvalue weighted by Gasteiger charge is -2.33. The molecule has 0 bridgehead atoms. The Hall–Kier alpha value is -1.10. The van der Waals surface area contributed by atoms with Gasteiger partial charge in [0, 0.05) is 29.6 Å². The third-order valence-electron chi connectivity index (χ3n) is 5.31. The molecule has 1 aliphatic heterocycles. The van der Waals surface area contributed by atoms with Gasteiger partial charge in [0.05, 0.1) is 5.92 Å². The van der Waals surface area contributed by atoms with Gasteiger partial charge in [-0.1, -0.05) is 44.0 Å². The van der Waals surface area contributed by atoms with Gasteiger partial charge in [0.1, 0.15) is 0 Å². The van der Waals surface area contributed by atoms with Crippen molar-refractivity contribution < 1.29 is 4.79 Å². The summed E-state index contributed by atoms with van der Waals surface area (Å²) in [7, 11) is 0. The van der Waals surface area contributed by atoms with Crippen molar-refractivity contribution in [3.05, 3.63) is 34.9 Å². The number of nitrogens with one attached hydrogen (secondary N) is 3. The van der Waals surface area contributed by atoms with Gasteiger partial charge in [-0.15, -0.1) is 0 Å². The highest BCUT2D eigenvalue weighted by Crippen LogP contribution is 2.32. The Balaban J connectivity index is 1.61. The van der Waals surface area contributed by atoms with Crippen molar-refractivity contribution in [1.29, 1.82) is 0 Å². The van der Waals surface area contributed by atoms with Gasteiger partial charge in [0.15, 0.2) is 0 Å². The first-order valence-corrected chi connectivity index (χ1v) is 8.87. The molecule has 0 spiro atoms. The van der Waals surface area contributed by atoms with Gasteiger partial charge < -0.3 is 5.32 Å². The molecular weight excluding hydrogens is 310 g/mol. The molecule has 3 rings (SSSR count). The van der Waals surface area contributed by atoms with Crippen molar-refractivity contribution in [2.45, 2.75) is 44.6 Å². The third kappa shape index (κ3) is 3.70. The fourth-order valence-electron chi connectivity index (χ4n) is 3.79. The van der Waals surface area contributed by atoms with Crippen molar-refractivity contribution in [3.8, 4) is 0 Å². The Morgan fingerprint density at radius 1 is 1.39 bits per heavy atom. The van der Waals surface area contributed by atoms with Gasteiger partial charge in [0.25, 0.3) is 0 Å². The summed E-state index contributed by atoms with van der Waals surface area (Å²) in [5.41, 5.74) is 7.51. The third-order valence-corrected chi connectivity index (χ3v) is 5.55. The summed E-state index contributed by atoms with van der Waals surface area (Å²) in [6.07, 6.45) is 3.32. The molecule has 1 aromatic carbocycles. The molecule has 126 valence electrons. The smallest absolute Gasteiger partial charge is 0.224 e. The predicted molar refractivity (Wildman–Crippen MR) is 93.2 cm³/mol. The Morgan fingerprint density at radius 2 is 2.22 bits per heavy atom. The average molecular weight is 336 g/mol. The molecule has 1 heterocycles. The number of hydrogen-bond donors (Lipinski definition) is 3. The first-order valence-electron chi connectivity index (χ1n) is 8.49. The van der Waals surface area contributed by atoms with Gasteiger partial charge in [-0.25, -0.2) is 0 Å². The number of fused-ring (bicyclic) bond motifs is 1. The first-order chi connectivity index (χ1) is 11.0. The van der Waals surface area contributed by atoms with Crippen molar-refractivity contribution in [1.82, 2.24) is 16.2 Å². The maximum Gasteiger partial charge on any atom is 0.224 e. The predicted octanol–water partition coefficient (Wildman–Crippen LogP) is 2.63. The highest BCUT2D eigenvalue weighted by Gasteiger charge is 2.40. The van der Waals surface area contributed by atoms with E-state index in [0.717, 1.165) is 30.0 Å². The van der Waals surface area contributed by atoms with Gasteiger partial charge in [-0.2, -0.15) is 0 Å². The monoisotopic (exact) mass is 335 g/mol. The van der Waals surface area contributed by atoms with E-state index >= 15 is 0 Å². The lowest BCUT2D eigenvalue weighted by atomic mass is 9.77. The second-order valence-corrected chi connectivity index (χ2v) is 7.90. The van der Waals surface area contributed by atoms with Crippen LogP contribution in [-0.4, -0.2) is 25.0 Å². The zero-order valence-electron chi connectivity index (χ0n) is 13.9. The van der Waals surface area contributed by atoms with E-state index in [-0.39, 0.29) is 23.3 Å². The summed E-state index contributed by atoms with van der Waals surface area (Å²) >= 11 is 6.09. The molecule has 2 fully saturated rings. The maximum atomic E-state index is 12.7. The second-order valence-electron chi connectivity index (χ2n) is 7.46. The van der Waals surface area contributed by atoms with Crippen LogP contribution in [0.4, 0.5) is 0 Å². The molecule has 0 aromatic heterocycles. The van der Waals surface area contributed by atoms with E-state index < -0.39 is 0 Å². The summed E-state index contributed by atoms with van der Waals surface area (Å²) in [5, 5.41) is 3.91. The van der Waals surface area contributed by atoms with Crippen LogP contribution in [0.2, 0.25) is 5.02 Å². The highest BCUT2D eigenvalue weighted by molar-refractivity contribution is 6.30. The molecule has 3 unspecified atom stereocenters. The van der Waals surface area contributed by atoms with Crippen LogP contribution in [0.15, 0.2) is 24.3 Å². The number of rotatable bonds is 4. The molecule has 1 saturated heterocycles. The fourth-order valence-corrected chi connectivity index (χ4v) is 3.98. The van der Waals surface area contributed by atoms with E-state index in [9.17, 15) is 4.79 Å². The van der Waals surface area contributed by atoms with Crippen LogP contribution in [0.3, 0.4) is 0 Å². The van der Waals surface area contributed by atoms with Crippen LogP contribution in [0.25, 0.3) is 0 Å². The summed E-state index contributed by atoms with van der Waals surface area (Å²) in [6, 6.07) is 8.16. The quantitative estimate of drug-likeness (QED) is 0.793. The molecule has 3 N–H and O–H groups in total. The van der Waals surface area contributed by atoms with Gasteiger partial charge in [-0.05, 0) is 36.5 Å².